The SMILES string of the molecule is CCc1ccc(CC(CC2CCCCO2)NC)s1. The lowest BCUT2D eigenvalue weighted by molar-refractivity contribution is 0.00573. The number of hydrogen-bond donors (Lipinski definition) is 1. The van der Waals surface area contributed by atoms with Crippen LogP contribution in [0.2, 0.25) is 0 Å². The lowest BCUT2D eigenvalue weighted by Gasteiger charge is -2.26. The molecule has 0 bridgehead atoms. The zero-order valence-corrected chi connectivity index (χ0v) is 12.4. The van der Waals surface area contributed by atoms with E-state index in [1.165, 1.54) is 29.0 Å². The molecule has 1 N–H and O–H groups in total. The number of likely N-dealkylation sites (N-methyl/N-ethyl adjacent to an activating group) is 1. The lowest BCUT2D eigenvalue weighted by Crippen LogP contribution is -2.34. The molecule has 102 valence electrons. The zero-order valence-electron chi connectivity index (χ0n) is 11.6. The molecule has 2 nitrogen and oxygen atoms in total. The molecule has 1 aliphatic rings. The summed E-state index contributed by atoms with van der Waals surface area (Å²) in [5.41, 5.74) is 0. The molecule has 0 aliphatic carbocycles. The van der Waals surface area contributed by atoms with E-state index in [9.17, 15) is 0 Å². The molecular formula is C15H25NOS. The summed E-state index contributed by atoms with van der Waals surface area (Å²) in [6.07, 6.45) is 7.73. The van der Waals surface area contributed by atoms with Crippen LogP contribution in [0.15, 0.2) is 12.1 Å². The van der Waals surface area contributed by atoms with Crippen molar-refractivity contribution in [2.45, 2.75) is 57.6 Å². The van der Waals surface area contributed by atoms with E-state index >= 15 is 0 Å². The van der Waals surface area contributed by atoms with Crippen LogP contribution in [0.1, 0.15) is 42.4 Å². The molecule has 1 aliphatic heterocycles. The fraction of sp³-hybridized carbons (Fsp3) is 0.733. The maximum atomic E-state index is 5.84. The third kappa shape index (κ3) is 4.08. The zero-order chi connectivity index (χ0) is 12.8. The van der Waals surface area contributed by atoms with Crippen molar-refractivity contribution in [1.82, 2.24) is 5.32 Å². The molecular weight excluding hydrogens is 242 g/mol. The number of rotatable bonds is 6. The highest BCUT2D eigenvalue weighted by Crippen LogP contribution is 2.22. The van der Waals surface area contributed by atoms with Gasteiger partial charge in [-0.25, -0.2) is 0 Å². The highest BCUT2D eigenvalue weighted by molar-refractivity contribution is 7.11. The minimum Gasteiger partial charge on any atom is -0.378 e. The van der Waals surface area contributed by atoms with Gasteiger partial charge in [-0.2, -0.15) is 0 Å². The van der Waals surface area contributed by atoms with Gasteiger partial charge in [-0.05, 0) is 57.7 Å². The molecule has 2 unspecified atom stereocenters. The average Bonchev–Trinajstić information content (AvgIpc) is 2.87. The summed E-state index contributed by atoms with van der Waals surface area (Å²) in [7, 11) is 2.07. The van der Waals surface area contributed by atoms with Gasteiger partial charge in [-0.3, -0.25) is 0 Å². The molecule has 1 fully saturated rings. The Hall–Kier alpha value is -0.380. The van der Waals surface area contributed by atoms with E-state index in [1.54, 1.807) is 0 Å². The van der Waals surface area contributed by atoms with Crippen LogP contribution in [0.4, 0.5) is 0 Å². The predicted octanol–water partition coefficient (Wildman–Crippen LogP) is 3.40. The van der Waals surface area contributed by atoms with Crippen molar-refractivity contribution in [3.8, 4) is 0 Å². The Balaban J connectivity index is 1.84. The molecule has 2 rings (SSSR count). The van der Waals surface area contributed by atoms with E-state index < -0.39 is 0 Å². The van der Waals surface area contributed by atoms with Gasteiger partial charge in [0.2, 0.25) is 0 Å². The first-order valence-corrected chi connectivity index (χ1v) is 8.00. The van der Waals surface area contributed by atoms with Crippen LogP contribution >= 0.6 is 11.3 Å². The summed E-state index contributed by atoms with van der Waals surface area (Å²) in [5.74, 6) is 0. The van der Waals surface area contributed by atoms with Crippen molar-refractivity contribution in [1.29, 1.82) is 0 Å². The van der Waals surface area contributed by atoms with Gasteiger partial charge in [0.15, 0.2) is 0 Å². The number of hydrogen-bond acceptors (Lipinski definition) is 3. The summed E-state index contributed by atoms with van der Waals surface area (Å²) >= 11 is 1.96. The molecule has 0 spiro atoms. The maximum Gasteiger partial charge on any atom is 0.0590 e. The van der Waals surface area contributed by atoms with E-state index in [0.29, 0.717) is 12.1 Å². The molecule has 2 heterocycles. The molecule has 1 aromatic rings. The predicted molar refractivity (Wildman–Crippen MR) is 78.5 cm³/mol. The fourth-order valence-electron chi connectivity index (χ4n) is 2.58. The Morgan fingerprint density at radius 3 is 2.83 bits per heavy atom. The Morgan fingerprint density at radius 2 is 2.22 bits per heavy atom. The lowest BCUT2D eigenvalue weighted by atomic mass is 9.99. The average molecular weight is 267 g/mol. The highest BCUT2D eigenvalue weighted by Gasteiger charge is 2.19. The second-order valence-corrected chi connectivity index (χ2v) is 6.39. The van der Waals surface area contributed by atoms with Crippen molar-refractivity contribution in [3.05, 3.63) is 21.9 Å². The number of aryl methyl sites for hydroxylation is 1. The molecule has 0 amide bonds. The summed E-state index contributed by atoms with van der Waals surface area (Å²) in [6, 6.07) is 5.11. The van der Waals surface area contributed by atoms with Crippen molar-refractivity contribution in [2.24, 2.45) is 0 Å². The smallest absolute Gasteiger partial charge is 0.0590 e. The third-order valence-corrected chi connectivity index (χ3v) is 4.99. The minimum absolute atomic E-state index is 0.474. The molecule has 0 radical (unpaired) electrons. The topological polar surface area (TPSA) is 21.3 Å². The number of thiophene rings is 1. The second-order valence-electron chi connectivity index (χ2n) is 5.14. The minimum atomic E-state index is 0.474. The monoisotopic (exact) mass is 267 g/mol. The van der Waals surface area contributed by atoms with Crippen LogP contribution in [0.25, 0.3) is 0 Å². The van der Waals surface area contributed by atoms with Crippen molar-refractivity contribution >= 4 is 11.3 Å². The maximum absolute atomic E-state index is 5.84. The quantitative estimate of drug-likeness (QED) is 0.853. The Morgan fingerprint density at radius 1 is 1.39 bits per heavy atom. The summed E-state index contributed by atoms with van der Waals surface area (Å²) in [4.78, 5) is 3.00. The van der Waals surface area contributed by atoms with Crippen LogP contribution in [0, 0.1) is 0 Å². The van der Waals surface area contributed by atoms with E-state index in [1.807, 2.05) is 11.3 Å². The van der Waals surface area contributed by atoms with Gasteiger partial charge in [0, 0.05) is 22.4 Å². The fourth-order valence-corrected chi connectivity index (χ4v) is 3.62. The first kappa shape index (κ1) is 14.0. The van der Waals surface area contributed by atoms with E-state index in [0.717, 1.165) is 25.9 Å². The van der Waals surface area contributed by atoms with Gasteiger partial charge < -0.3 is 10.1 Å². The van der Waals surface area contributed by atoms with Crippen molar-refractivity contribution in [2.75, 3.05) is 13.7 Å². The van der Waals surface area contributed by atoms with E-state index in [-0.39, 0.29) is 0 Å². The van der Waals surface area contributed by atoms with Gasteiger partial charge >= 0.3 is 0 Å². The molecule has 1 saturated heterocycles. The molecule has 1 aromatic heterocycles. The summed E-state index contributed by atoms with van der Waals surface area (Å²) in [5, 5.41) is 3.45. The molecule has 0 saturated carbocycles. The summed E-state index contributed by atoms with van der Waals surface area (Å²) < 4.78 is 5.84. The van der Waals surface area contributed by atoms with Gasteiger partial charge in [0.25, 0.3) is 0 Å². The Kier molecular flexibility index (Phi) is 5.67. The summed E-state index contributed by atoms with van der Waals surface area (Å²) in [6.45, 7) is 3.18. The van der Waals surface area contributed by atoms with Gasteiger partial charge in [-0.15, -0.1) is 11.3 Å². The van der Waals surface area contributed by atoms with Gasteiger partial charge in [-0.1, -0.05) is 6.92 Å². The second kappa shape index (κ2) is 7.27. The molecule has 2 atom stereocenters. The molecule has 18 heavy (non-hydrogen) atoms. The number of nitrogens with one attached hydrogen (secondary N) is 1. The molecule has 0 aromatic carbocycles. The van der Waals surface area contributed by atoms with E-state index in [4.69, 9.17) is 4.74 Å². The van der Waals surface area contributed by atoms with Gasteiger partial charge in [0.1, 0.15) is 0 Å². The van der Waals surface area contributed by atoms with Crippen LogP contribution in [-0.2, 0) is 17.6 Å². The van der Waals surface area contributed by atoms with Crippen molar-refractivity contribution < 1.29 is 4.74 Å². The standard InChI is InChI=1S/C15H25NOS/c1-3-14-7-8-15(18-14)11-12(16-2)10-13-6-4-5-9-17-13/h7-8,12-13,16H,3-6,9-11H2,1-2H3. The van der Waals surface area contributed by atoms with Crippen LogP contribution in [0.3, 0.4) is 0 Å². The van der Waals surface area contributed by atoms with Crippen LogP contribution in [0.5, 0.6) is 0 Å². The van der Waals surface area contributed by atoms with Crippen LogP contribution < -0.4 is 5.32 Å². The van der Waals surface area contributed by atoms with Crippen molar-refractivity contribution in [3.63, 3.8) is 0 Å². The number of ether oxygens (including phenoxy) is 1. The normalized spacial score (nSPS) is 22.0. The Bertz CT molecular complexity index is 344. The Labute approximate surface area is 115 Å². The van der Waals surface area contributed by atoms with Crippen LogP contribution in [-0.4, -0.2) is 25.8 Å². The van der Waals surface area contributed by atoms with E-state index in [2.05, 4.69) is 31.4 Å². The van der Waals surface area contributed by atoms with Gasteiger partial charge in [0.05, 0.1) is 6.10 Å². The molecule has 3 heteroatoms. The largest absolute Gasteiger partial charge is 0.378 e. The highest BCUT2D eigenvalue weighted by atomic mass is 32.1. The first-order valence-electron chi connectivity index (χ1n) is 7.18. The third-order valence-electron chi connectivity index (χ3n) is 3.74. The first-order chi connectivity index (χ1) is 8.81.